The smallest absolute Gasteiger partial charge is 0.289 e. The molecule has 0 saturated carbocycles. The summed E-state index contributed by atoms with van der Waals surface area (Å²) in [5, 5.41) is 15.7. The van der Waals surface area contributed by atoms with Crippen LogP contribution in [-0.4, -0.2) is 21.9 Å². The van der Waals surface area contributed by atoms with E-state index < -0.39 is 16.9 Å². The molecule has 0 spiro atoms. The van der Waals surface area contributed by atoms with Gasteiger partial charge in [0.25, 0.3) is 11.1 Å². The van der Waals surface area contributed by atoms with Crippen LogP contribution in [-0.2, 0) is 0 Å². The van der Waals surface area contributed by atoms with Gasteiger partial charge in [-0.25, -0.2) is 9.67 Å². The lowest BCUT2D eigenvalue weighted by molar-refractivity contribution is -0.263. The summed E-state index contributed by atoms with van der Waals surface area (Å²) >= 11 is 5.94. The number of fused-ring (bicyclic) bond motifs is 2. The van der Waals surface area contributed by atoms with Crippen LogP contribution in [0.2, 0.25) is 5.02 Å². The van der Waals surface area contributed by atoms with E-state index in [0.717, 1.165) is 4.68 Å². The van der Waals surface area contributed by atoms with Crippen molar-refractivity contribution < 1.29 is 9.84 Å². The maximum Gasteiger partial charge on any atom is 0.289 e. The van der Waals surface area contributed by atoms with E-state index >= 15 is 0 Å². The number of methoxy groups -OCH3 is 1. The predicted octanol–water partition coefficient (Wildman–Crippen LogP) is 2.27. The van der Waals surface area contributed by atoms with Crippen LogP contribution in [0.25, 0.3) is 27.5 Å². The Labute approximate surface area is 157 Å². The van der Waals surface area contributed by atoms with Gasteiger partial charge < -0.3 is 9.84 Å². The first kappa shape index (κ1) is 17.1. The van der Waals surface area contributed by atoms with E-state index in [1.165, 1.54) is 25.3 Å². The molecule has 0 fully saturated rings. The molecule has 1 N–H and O–H groups in total. The number of benzene rings is 2. The van der Waals surface area contributed by atoms with Crippen molar-refractivity contribution in [2.24, 2.45) is 0 Å². The molecule has 4 rings (SSSR count). The number of ether oxygens (including phenoxy) is 1. The second kappa shape index (κ2) is 6.14. The SMILES string of the molecule is COc1ccc(-n2[nH]c(=O)c3nc4cc(Cl)ccc4c([O-])c3c2=O)c(C)c1. The number of H-pyrrole nitrogens is 1. The van der Waals surface area contributed by atoms with Gasteiger partial charge in [0, 0.05) is 5.02 Å². The van der Waals surface area contributed by atoms with Gasteiger partial charge in [0.2, 0.25) is 0 Å². The Morgan fingerprint density at radius 2 is 1.96 bits per heavy atom. The number of pyridine rings is 1. The third-order valence-electron chi connectivity index (χ3n) is 4.39. The number of halogens is 1. The van der Waals surface area contributed by atoms with Gasteiger partial charge >= 0.3 is 0 Å². The Balaban J connectivity index is 2.11. The highest BCUT2D eigenvalue weighted by molar-refractivity contribution is 6.31. The molecule has 0 radical (unpaired) electrons. The topological polar surface area (TPSA) is 100 Å². The van der Waals surface area contributed by atoms with Crippen molar-refractivity contribution in [2.75, 3.05) is 7.11 Å². The van der Waals surface area contributed by atoms with E-state index in [-0.39, 0.29) is 21.8 Å². The zero-order valence-electron chi connectivity index (χ0n) is 14.4. The van der Waals surface area contributed by atoms with E-state index in [9.17, 15) is 14.7 Å². The molecule has 2 aromatic carbocycles. The summed E-state index contributed by atoms with van der Waals surface area (Å²) < 4.78 is 6.22. The molecule has 7 nitrogen and oxygen atoms in total. The van der Waals surface area contributed by atoms with Crippen LogP contribution < -0.4 is 21.0 Å². The van der Waals surface area contributed by atoms with Crippen LogP contribution in [0.5, 0.6) is 11.5 Å². The fourth-order valence-corrected chi connectivity index (χ4v) is 3.23. The molecule has 2 aromatic heterocycles. The summed E-state index contributed by atoms with van der Waals surface area (Å²) in [6.45, 7) is 1.77. The number of hydrogen-bond acceptors (Lipinski definition) is 5. The molecule has 0 saturated heterocycles. The fraction of sp³-hybridized carbons (Fsp3) is 0.105. The molecule has 0 amide bonds. The van der Waals surface area contributed by atoms with Crippen LogP contribution >= 0.6 is 11.6 Å². The van der Waals surface area contributed by atoms with Crippen molar-refractivity contribution in [1.29, 1.82) is 0 Å². The monoisotopic (exact) mass is 382 g/mol. The predicted molar refractivity (Wildman–Crippen MR) is 101 cm³/mol. The van der Waals surface area contributed by atoms with Crippen molar-refractivity contribution in [2.45, 2.75) is 6.92 Å². The van der Waals surface area contributed by atoms with Crippen molar-refractivity contribution in [3.8, 4) is 17.2 Å². The van der Waals surface area contributed by atoms with Gasteiger partial charge in [0.15, 0.2) is 0 Å². The van der Waals surface area contributed by atoms with Crippen molar-refractivity contribution in [3.05, 3.63) is 67.7 Å². The zero-order chi connectivity index (χ0) is 19.3. The molecule has 0 unspecified atom stereocenters. The molecule has 0 bridgehead atoms. The van der Waals surface area contributed by atoms with Crippen molar-refractivity contribution in [1.82, 2.24) is 14.8 Å². The summed E-state index contributed by atoms with van der Waals surface area (Å²) in [5.74, 6) is 0.0594. The van der Waals surface area contributed by atoms with E-state index in [4.69, 9.17) is 16.3 Å². The standard InChI is InChI=1S/C19H14ClN3O4/c1-9-7-11(27-2)4-6-14(9)23-19(26)15-16(18(25)22-23)21-13-8-10(20)3-5-12(13)17(15)24/h3-8H,1-2H3,(H,21,24)(H,22,25)/p-1. The van der Waals surface area contributed by atoms with E-state index in [2.05, 4.69) is 10.1 Å². The molecular formula is C19H13ClN3O4-. The summed E-state index contributed by atoms with van der Waals surface area (Å²) in [5.41, 5.74) is -0.0914. The molecule has 0 atom stereocenters. The highest BCUT2D eigenvalue weighted by atomic mass is 35.5. The average Bonchev–Trinajstić information content (AvgIpc) is 2.64. The number of nitrogens with zero attached hydrogens (tertiary/aromatic N) is 2. The highest BCUT2D eigenvalue weighted by Gasteiger charge is 2.15. The van der Waals surface area contributed by atoms with E-state index in [1.807, 2.05) is 0 Å². The normalized spacial score (nSPS) is 11.2. The summed E-state index contributed by atoms with van der Waals surface area (Å²) in [7, 11) is 1.53. The first-order valence-electron chi connectivity index (χ1n) is 8.01. The molecule has 2 heterocycles. The number of rotatable bonds is 2. The molecular weight excluding hydrogens is 370 g/mol. The molecule has 27 heavy (non-hydrogen) atoms. The minimum Gasteiger partial charge on any atom is -0.871 e. The molecule has 0 aliphatic rings. The Bertz CT molecular complexity index is 1340. The number of aryl methyl sites for hydroxylation is 1. The van der Waals surface area contributed by atoms with E-state index in [0.29, 0.717) is 22.0 Å². The summed E-state index contributed by atoms with van der Waals surface area (Å²) in [6.07, 6.45) is 0. The molecule has 136 valence electrons. The third-order valence-corrected chi connectivity index (χ3v) is 4.63. The number of hydrogen-bond donors (Lipinski definition) is 1. The molecule has 0 aliphatic carbocycles. The quantitative estimate of drug-likeness (QED) is 0.536. The lowest BCUT2D eigenvalue weighted by Crippen LogP contribution is -2.30. The van der Waals surface area contributed by atoms with Gasteiger partial charge in [0.1, 0.15) is 11.3 Å². The Hall–Kier alpha value is -3.32. The lowest BCUT2D eigenvalue weighted by Gasteiger charge is -2.16. The van der Waals surface area contributed by atoms with Crippen LogP contribution in [0.4, 0.5) is 0 Å². The van der Waals surface area contributed by atoms with Gasteiger partial charge in [-0.2, -0.15) is 0 Å². The number of aromatic nitrogens is 3. The third kappa shape index (κ3) is 2.63. The van der Waals surface area contributed by atoms with Crippen LogP contribution in [0, 0.1) is 6.92 Å². The Kier molecular flexibility index (Phi) is 3.89. The second-order valence-electron chi connectivity index (χ2n) is 6.06. The largest absolute Gasteiger partial charge is 0.871 e. The molecule has 0 aliphatic heterocycles. The van der Waals surface area contributed by atoms with Gasteiger partial charge in [-0.1, -0.05) is 23.4 Å². The molecule has 8 heteroatoms. The van der Waals surface area contributed by atoms with Gasteiger partial charge in [0.05, 0.1) is 23.7 Å². The second-order valence-corrected chi connectivity index (χ2v) is 6.50. The van der Waals surface area contributed by atoms with Crippen molar-refractivity contribution >= 4 is 33.4 Å². The fourth-order valence-electron chi connectivity index (χ4n) is 3.06. The van der Waals surface area contributed by atoms with Crippen LogP contribution in [0.3, 0.4) is 0 Å². The maximum atomic E-state index is 13.0. The van der Waals surface area contributed by atoms with Crippen molar-refractivity contribution in [3.63, 3.8) is 0 Å². The Morgan fingerprint density at radius 1 is 1.19 bits per heavy atom. The Morgan fingerprint density at radius 3 is 2.67 bits per heavy atom. The van der Waals surface area contributed by atoms with E-state index in [1.54, 1.807) is 25.1 Å². The highest BCUT2D eigenvalue weighted by Crippen LogP contribution is 2.28. The van der Waals surface area contributed by atoms with Crippen LogP contribution in [0.15, 0.2) is 46.0 Å². The lowest BCUT2D eigenvalue weighted by atomic mass is 10.1. The maximum absolute atomic E-state index is 13.0. The summed E-state index contributed by atoms with van der Waals surface area (Å²) in [6, 6.07) is 9.54. The average molecular weight is 383 g/mol. The van der Waals surface area contributed by atoms with Gasteiger partial charge in [-0.3, -0.25) is 14.7 Å². The van der Waals surface area contributed by atoms with Gasteiger partial charge in [-0.15, -0.1) is 0 Å². The molecule has 4 aromatic rings. The van der Waals surface area contributed by atoms with Crippen LogP contribution in [0.1, 0.15) is 5.56 Å². The minimum absolute atomic E-state index is 0.206. The van der Waals surface area contributed by atoms with Gasteiger partial charge in [-0.05, 0) is 48.2 Å². The number of aromatic amines is 1. The zero-order valence-corrected chi connectivity index (χ0v) is 15.1. The first-order chi connectivity index (χ1) is 12.9. The summed E-state index contributed by atoms with van der Waals surface area (Å²) in [4.78, 5) is 29.8. The number of nitrogens with one attached hydrogen (secondary N) is 1. The minimum atomic E-state index is -0.646. The first-order valence-corrected chi connectivity index (χ1v) is 8.39.